The van der Waals surface area contributed by atoms with Crippen LogP contribution in [-0.4, -0.2) is 26.2 Å². The van der Waals surface area contributed by atoms with Crippen LogP contribution in [0.5, 0.6) is 11.5 Å². The van der Waals surface area contributed by atoms with Crippen molar-refractivity contribution in [1.82, 2.24) is 0 Å². The second-order valence-electron chi connectivity index (χ2n) is 4.74. The summed E-state index contributed by atoms with van der Waals surface area (Å²) in [4.78, 5) is 42.3. The third-order valence-corrected chi connectivity index (χ3v) is 3.76. The molecule has 0 aliphatic carbocycles. The van der Waals surface area contributed by atoms with Gasteiger partial charge in [0.25, 0.3) is 0 Å². The van der Waals surface area contributed by atoms with Gasteiger partial charge in [-0.2, -0.15) is 0 Å². The van der Waals surface area contributed by atoms with Gasteiger partial charge in [-0.15, -0.1) is 0 Å². The number of benzene rings is 2. The van der Waals surface area contributed by atoms with Crippen LogP contribution in [0.15, 0.2) is 48.5 Å². The molecule has 2 atom stereocenters. The molecule has 2 aromatic rings. The molecule has 2 aromatic carbocycles. The zero-order valence-corrected chi connectivity index (χ0v) is 24.9. The fourth-order valence-corrected chi connectivity index (χ4v) is 2.40. The predicted molar refractivity (Wildman–Crippen MR) is 94.8 cm³/mol. The summed E-state index contributed by atoms with van der Waals surface area (Å²) in [5.74, 6) is -0.606. The van der Waals surface area contributed by atoms with Crippen LogP contribution in [0.2, 0.25) is 0 Å². The third kappa shape index (κ3) is 13.2. The summed E-state index contributed by atoms with van der Waals surface area (Å²) < 4.78 is 38.2. The van der Waals surface area contributed by atoms with E-state index in [1.54, 1.807) is 0 Å². The summed E-state index contributed by atoms with van der Waals surface area (Å²) in [6.07, 6.45) is 0. The van der Waals surface area contributed by atoms with Gasteiger partial charge in [-0.1, -0.05) is 0 Å². The number of hydrogen-bond donors (Lipinski definition) is 0. The molecule has 0 aliphatic rings. The second-order valence-corrected chi connectivity index (χ2v) is 6.14. The molecule has 0 bridgehead atoms. The summed E-state index contributed by atoms with van der Waals surface area (Å²) in [7, 11) is -3.95. The molecule has 0 saturated carbocycles. The number of ether oxygens (including phenoxy) is 2. The fourth-order valence-electron chi connectivity index (χ4n) is 1.75. The number of carbonyl (C=O) groups is 2. The van der Waals surface area contributed by atoms with Crippen molar-refractivity contribution in [2.24, 2.45) is 0 Å². The van der Waals surface area contributed by atoms with Crippen LogP contribution in [0, 0.1) is 0 Å². The number of hydrogen-bond acceptors (Lipinski definition) is 10. The van der Waals surface area contributed by atoms with Crippen LogP contribution in [0.3, 0.4) is 0 Å². The Morgan fingerprint density at radius 2 is 0.933 bits per heavy atom. The molecule has 0 aromatic heterocycles. The van der Waals surface area contributed by atoms with E-state index in [1.807, 2.05) is 0 Å². The summed E-state index contributed by atoms with van der Waals surface area (Å²) in [5.41, 5.74) is 0.677. The summed E-state index contributed by atoms with van der Waals surface area (Å²) in [6, 6.07) is 11.2. The van der Waals surface area contributed by atoms with Crippen molar-refractivity contribution in [1.29, 1.82) is 0 Å². The van der Waals surface area contributed by atoms with Gasteiger partial charge < -0.3 is 28.3 Å². The Morgan fingerprint density at radius 1 is 0.667 bits per heavy atom. The molecule has 152 valence electrons. The Kier molecular flexibility index (Phi) is 19.8. The normalized spacial score (nSPS) is 11.1. The molecule has 14 heteroatoms. The van der Waals surface area contributed by atoms with Crippen LogP contribution < -0.4 is 122 Å². The van der Waals surface area contributed by atoms with Crippen LogP contribution >= 0.6 is 16.5 Å². The van der Waals surface area contributed by atoms with Gasteiger partial charge in [0.2, 0.25) is 0 Å². The summed E-state index contributed by atoms with van der Waals surface area (Å²) >= 11 is 0. The number of rotatable bonds is 6. The number of esters is 2. The minimum atomic E-state index is -3.24. The third-order valence-electron chi connectivity index (χ3n) is 2.95. The second kappa shape index (κ2) is 18.1. The zero-order valence-electron chi connectivity index (χ0n) is 16.7. The number of methoxy groups -OCH3 is 2. The first-order valence-corrected chi connectivity index (χ1v) is 9.86. The van der Waals surface area contributed by atoms with E-state index in [1.165, 1.54) is 62.8 Å². The van der Waals surface area contributed by atoms with Crippen molar-refractivity contribution >= 4 is 28.4 Å². The molecule has 10 nitrogen and oxygen atoms in total. The van der Waals surface area contributed by atoms with E-state index in [2.05, 4.69) is 18.5 Å². The van der Waals surface area contributed by atoms with E-state index in [4.69, 9.17) is 0 Å². The van der Waals surface area contributed by atoms with Crippen molar-refractivity contribution in [2.75, 3.05) is 14.2 Å². The molecule has 0 fully saturated rings. The summed E-state index contributed by atoms with van der Waals surface area (Å²) in [6.45, 7) is 0. The molecule has 0 radical (unpaired) electrons. The van der Waals surface area contributed by atoms with Gasteiger partial charge in [-0.3, -0.25) is 9.13 Å². The van der Waals surface area contributed by atoms with E-state index in [0.717, 1.165) is 0 Å². The van der Waals surface area contributed by atoms with Gasteiger partial charge in [0.15, 0.2) is 16.5 Å². The van der Waals surface area contributed by atoms with Crippen LogP contribution in [0.1, 0.15) is 20.7 Å². The van der Waals surface area contributed by atoms with Crippen LogP contribution in [-0.2, 0) is 18.6 Å². The van der Waals surface area contributed by atoms with Crippen molar-refractivity contribution < 1.29 is 150 Å². The van der Waals surface area contributed by atoms with Gasteiger partial charge in [-0.05, 0) is 48.5 Å². The van der Waals surface area contributed by atoms with Crippen molar-refractivity contribution in [3.05, 3.63) is 59.7 Å². The van der Waals surface area contributed by atoms with Gasteiger partial charge in [-0.25, -0.2) is 9.59 Å². The Hall–Kier alpha value is 0.633. The zero-order chi connectivity index (χ0) is 21.1. The first-order chi connectivity index (χ1) is 13.3. The maximum Gasteiger partial charge on any atom is 1.00 e. The topological polar surface area (TPSA) is 151 Å². The molecule has 0 spiro atoms. The average molecular weight is 508 g/mol. The molecule has 0 aliphatic heterocycles. The van der Waals surface area contributed by atoms with E-state index in [0.29, 0.717) is 11.1 Å². The maximum absolute atomic E-state index is 11.0. The van der Waals surface area contributed by atoms with Gasteiger partial charge in [0, 0.05) is 0 Å². The van der Waals surface area contributed by atoms with Gasteiger partial charge in [0.05, 0.1) is 25.3 Å². The Balaban J connectivity index is 0. The first kappa shape index (κ1) is 32.8. The van der Waals surface area contributed by atoms with E-state index < -0.39 is 28.4 Å². The molecule has 2 unspecified atom stereocenters. The van der Waals surface area contributed by atoms with E-state index >= 15 is 0 Å². The van der Waals surface area contributed by atoms with Crippen LogP contribution in [0.25, 0.3) is 0 Å². The van der Waals surface area contributed by atoms with Crippen molar-refractivity contribution in [2.45, 2.75) is 0 Å². The summed E-state index contributed by atoms with van der Waals surface area (Å²) in [5, 5.41) is 0. The van der Waals surface area contributed by atoms with Crippen LogP contribution in [0.4, 0.5) is 0 Å². The Morgan fingerprint density at radius 3 is 1.13 bits per heavy atom. The van der Waals surface area contributed by atoms with Crippen molar-refractivity contribution in [3.63, 3.8) is 0 Å². The average Bonchev–Trinajstić information content (AvgIpc) is 2.67. The number of carbonyl (C=O) groups excluding carboxylic acids is 2. The minimum absolute atomic E-state index is 0. The molecule has 2 rings (SSSR count). The fraction of sp³-hybridized carbons (Fsp3) is 0.125. The largest absolute Gasteiger partial charge is 1.00 e. The Bertz CT molecular complexity index is 773. The maximum atomic E-state index is 11.0. The van der Waals surface area contributed by atoms with E-state index in [-0.39, 0.29) is 114 Å². The SMILES string of the molecule is COC(=O)c1ccc(O[PH](=O)[O-])cc1.COC(=O)c1ccc(O[PH](=O)[O-])cc1.[K+].[K+]. The molecule has 0 N–H and O–H groups in total. The molecule has 30 heavy (non-hydrogen) atoms. The van der Waals surface area contributed by atoms with Gasteiger partial charge in [0.1, 0.15) is 11.5 Å². The standard InChI is InChI=1S/2C8H9O5P.2K/c2*1-12-8(9)6-2-4-7(5-3-6)13-14(10)11;;/h2*2-5,14H,1H3,(H,10,11);;/q;;2*+1/p-2. The van der Waals surface area contributed by atoms with Crippen molar-refractivity contribution in [3.8, 4) is 11.5 Å². The smallest absolute Gasteiger partial charge is 0.771 e. The Labute approximate surface area is 259 Å². The molecule has 0 saturated heterocycles. The predicted octanol–water partition coefficient (Wildman–Crippen LogP) is -4.79. The molecule has 0 heterocycles. The minimum Gasteiger partial charge on any atom is -0.771 e. The monoisotopic (exact) mass is 508 g/mol. The van der Waals surface area contributed by atoms with Gasteiger partial charge >= 0.3 is 115 Å². The molecular weight excluding hydrogens is 492 g/mol. The first-order valence-electron chi connectivity index (χ1n) is 7.41. The molecule has 0 amide bonds. The molecular formula is C16H16K2O10P2. The quantitative estimate of drug-likeness (QED) is 0.211. The van der Waals surface area contributed by atoms with E-state index in [9.17, 15) is 28.5 Å².